The lowest BCUT2D eigenvalue weighted by atomic mass is 10.2. The SMILES string of the molecule is CCCCCNc1cc(C(=O)Nc2cccc(Br)c2)nc(C)n1. The topological polar surface area (TPSA) is 66.9 Å². The molecule has 2 rings (SSSR count). The van der Waals surface area contributed by atoms with E-state index in [0.29, 0.717) is 17.3 Å². The molecule has 23 heavy (non-hydrogen) atoms. The highest BCUT2D eigenvalue weighted by Gasteiger charge is 2.11. The smallest absolute Gasteiger partial charge is 0.274 e. The third-order valence-electron chi connectivity index (χ3n) is 3.24. The molecule has 1 aromatic heterocycles. The van der Waals surface area contributed by atoms with Gasteiger partial charge in [-0.15, -0.1) is 0 Å². The fourth-order valence-corrected chi connectivity index (χ4v) is 2.53. The van der Waals surface area contributed by atoms with Gasteiger partial charge in [0.2, 0.25) is 0 Å². The minimum Gasteiger partial charge on any atom is -0.370 e. The Morgan fingerprint density at radius 3 is 2.78 bits per heavy atom. The number of carbonyl (C=O) groups is 1. The first-order valence-corrected chi connectivity index (χ1v) is 8.54. The number of benzene rings is 1. The predicted molar refractivity (Wildman–Crippen MR) is 96.9 cm³/mol. The van der Waals surface area contributed by atoms with Crippen LogP contribution >= 0.6 is 15.9 Å². The quantitative estimate of drug-likeness (QED) is 0.702. The van der Waals surface area contributed by atoms with Gasteiger partial charge in [-0.3, -0.25) is 4.79 Å². The van der Waals surface area contributed by atoms with E-state index in [4.69, 9.17) is 0 Å². The van der Waals surface area contributed by atoms with Gasteiger partial charge in [0, 0.05) is 22.8 Å². The van der Waals surface area contributed by atoms with Crippen LogP contribution in [0.5, 0.6) is 0 Å². The van der Waals surface area contributed by atoms with Crippen LogP contribution in [0.1, 0.15) is 42.5 Å². The van der Waals surface area contributed by atoms with E-state index in [1.807, 2.05) is 24.3 Å². The van der Waals surface area contributed by atoms with Gasteiger partial charge in [-0.1, -0.05) is 41.8 Å². The van der Waals surface area contributed by atoms with Crippen LogP contribution in [0.3, 0.4) is 0 Å². The Morgan fingerprint density at radius 1 is 1.22 bits per heavy atom. The molecule has 0 atom stereocenters. The Kier molecular flexibility index (Phi) is 6.52. The molecule has 0 aliphatic rings. The maximum atomic E-state index is 12.4. The zero-order valence-electron chi connectivity index (χ0n) is 13.4. The number of carbonyl (C=O) groups excluding carboxylic acids is 1. The summed E-state index contributed by atoms with van der Waals surface area (Å²) in [6.45, 7) is 4.79. The van der Waals surface area contributed by atoms with Crippen molar-refractivity contribution in [2.75, 3.05) is 17.2 Å². The summed E-state index contributed by atoms with van der Waals surface area (Å²) in [7, 11) is 0. The average molecular weight is 377 g/mol. The molecule has 2 N–H and O–H groups in total. The lowest BCUT2D eigenvalue weighted by molar-refractivity contribution is 0.102. The number of nitrogens with zero attached hydrogens (tertiary/aromatic N) is 2. The second-order valence-corrected chi connectivity index (χ2v) is 6.20. The largest absolute Gasteiger partial charge is 0.370 e. The van der Waals surface area contributed by atoms with Crippen molar-refractivity contribution in [1.82, 2.24) is 9.97 Å². The summed E-state index contributed by atoms with van der Waals surface area (Å²) in [6.07, 6.45) is 3.43. The van der Waals surface area contributed by atoms with E-state index in [2.05, 4.69) is 43.5 Å². The molecule has 0 bridgehead atoms. The van der Waals surface area contributed by atoms with Crippen LogP contribution in [0.4, 0.5) is 11.5 Å². The monoisotopic (exact) mass is 376 g/mol. The molecule has 0 aliphatic heterocycles. The number of hydrogen-bond donors (Lipinski definition) is 2. The highest BCUT2D eigenvalue weighted by Crippen LogP contribution is 2.17. The number of unbranched alkanes of at least 4 members (excludes halogenated alkanes) is 2. The van der Waals surface area contributed by atoms with Crippen molar-refractivity contribution in [3.8, 4) is 0 Å². The van der Waals surface area contributed by atoms with Gasteiger partial charge in [0.25, 0.3) is 5.91 Å². The summed E-state index contributed by atoms with van der Waals surface area (Å²) in [5, 5.41) is 6.09. The predicted octanol–water partition coefficient (Wildman–Crippen LogP) is 4.40. The zero-order valence-corrected chi connectivity index (χ0v) is 15.0. The summed E-state index contributed by atoms with van der Waals surface area (Å²) in [5.74, 6) is 1.02. The third kappa shape index (κ3) is 5.63. The summed E-state index contributed by atoms with van der Waals surface area (Å²) >= 11 is 3.39. The van der Waals surface area contributed by atoms with Gasteiger partial charge in [-0.2, -0.15) is 0 Å². The van der Waals surface area contributed by atoms with E-state index in [1.165, 1.54) is 12.8 Å². The number of hydrogen-bond acceptors (Lipinski definition) is 4. The Hall–Kier alpha value is -1.95. The van der Waals surface area contributed by atoms with Crippen molar-refractivity contribution in [3.05, 3.63) is 46.3 Å². The number of rotatable bonds is 7. The first-order chi connectivity index (χ1) is 11.1. The van der Waals surface area contributed by atoms with Crippen molar-refractivity contribution in [1.29, 1.82) is 0 Å². The Balaban J connectivity index is 2.06. The molecule has 122 valence electrons. The fraction of sp³-hybridized carbons (Fsp3) is 0.353. The summed E-state index contributed by atoms with van der Waals surface area (Å²) < 4.78 is 0.910. The van der Waals surface area contributed by atoms with E-state index >= 15 is 0 Å². The molecule has 1 amide bonds. The van der Waals surface area contributed by atoms with Gasteiger partial charge < -0.3 is 10.6 Å². The van der Waals surface area contributed by atoms with E-state index in [1.54, 1.807) is 13.0 Å². The van der Waals surface area contributed by atoms with Crippen molar-refractivity contribution >= 4 is 33.3 Å². The van der Waals surface area contributed by atoms with Crippen LogP contribution < -0.4 is 10.6 Å². The molecule has 1 heterocycles. The van der Waals surface area contributed by atoms with E-state index in [-0.39, 0.29) is 5.91 Å². The van der Waals surface area contributed by atoms with Crippen LogP contribution in [-0.4, -0.2) is 22.4 Å². The molecule has 1 aromatic carbocycles. The zero-order chi connectivity index (χ0) is 16.7. The van der Waals surface area contributed by atoms with Gasteiger partial charge in [0.15, 0.2) is 0 Å². The molecule has 6 heteroatoms. The summed E-state index contributed by atoms with van der Waals surface area (Å²) in [5.41, 5.74) is 1.08. The standard InChI is InChI=1S/C17H21BrN4O/c1-3-4-5-9-19-16-11-15(20-12(2)21-16)17(23)22-14-8-6-7-13(18)10-14/h6-8,10-11H,3-5,9H2,1-2H3,(H,22,23)(H,19,20,21). The summed E-state index contributed by atoms with van der Waals surface area (Å²) in [6, 6.07) is 9.14. The van der Waals surface area contributed by atoms with E-state index in [0.717, 1.165) is 23.1 Å². The van der Waals surface area contributed by atoms with Gasteiger partial charge in [0.1, 0.15) is 17.3 Å². The molecule has 0 saturated carbocycles. The molecule has 5 nitrogen and oxygen atoms in total. The van der Waals surface area contributed by atoms with Crippen LogP contribution in [-0.2, 0) is 0 Å². The van der Waals surface area contributed by atoms with Crippen LogP contribution in [0.25, 0.3) is 0 Å². The van der Waals surface area contributed by atoms with E-state index < -0.39 is 0 Å². The number of anilines is 2. The highest BCUT2D eigenvalue weighted by atomic mass is 79.9. The van der Waals surface area contributed by atoms with Gasteiger partial charge in [-0.25, -0.2) is 9.97 Å². The number of aryl methyl sites for hydroxylation is 1. The molecule has 2 aromatic rings. The summed E-state index contributed by atoms with van der Waals surface area (Å²) in [4.78, 5) is 20.9. The molecule has 0 spiro atoms. The second kappa shape index (κ2) is 8.62. The number of amides is 1. The number of aromatic nitrogens is 2. The van der Waals surface area contributed by atoms with Gasteiger partial charge in [0.05, 0.1) is 0 Å². The fourth-order valence-electron chi connectivity index (χ4n) is 2.13. The minimum atomic E-state index is -0.245. The molecule has 0 radical (unpaired) electrons. The minimum absolute atomic E-state index is 0.245. The van der Waals surface area contributed by atoms with Crippen molar-refractivity contribution in [2.24, 2.45) is 0 Å². The first kappa shape index (κ1) is 17.4. The molecular formula is C17H21BrN4O. The molecule has 0 unspecified atom stereocenters. The average Bonchev–Trinajstić information content (AvgIpc) is 2.51. The normalized spacial score (nSPS) is 10.4. The maximum Gasteiger partial charge on any atom is 0.274 e. The first-order valence-electron chi connectivity index (χ1n) is 7.75. The van der Waals surface area contributed by atoms with Gasteiger partial charge >= 0.3 is 0 Å². The Morgan fingerprint density at radius 2 is 2.04 bits per heavy atom. The second-order valence-electron chi connectivity index (χ2n) is 5.28. The van der Waals surface area contributed by atoms with Crippen LogP contribution in [0, 0.1) is 6.92 Å². The van der Waals surface area contributed by atoms with Crippen LogP contribution in [0.15, 0.2) is 34.8 Å². The van der Waals surface area contributed by atoms with E-state index in [9.17, 15) is 4.79 Å². The van der Waals surface area contributed by atoms with Gasteiger partial charge in [-0.05, 0) is 31.5 Å². The van der Waals surface area contributed by atoms with Crippen LogP contribution in [0.2, 0.25) is 0 Å². The number of halogens is 1. The third-order valence-corrected chi connectivity index (χ3v) is 3.73. The highest BCUT2D eigenvalue weighted by molar-refractivity contribution is 9.10. The molecule has 0 aliphatic carbocycles. The van der Waals surface area contributed by atoms with Crippen molar-refractivity contribution in [3.63, 3.8) is 0 Å². The molecule has 0 fully saturated rings. The lowest BCUT2D eigenvalue weighted by Crippen LogP contribution is -2.16. The lowest BCUT2D eigenvalue weighted by Gasteiger charge is -2.09. The molecule has 0 saturated heterocycles. The Bertz CT molecular complexity index is 675. The number of nitrogens with one attached hydrogen (secondary N) is 2. The van der Waals surface area contributed by atoms with Crippen molar-refractivity contribution in [2.45, 2.75) is 33.1 Å². The van der Waals surface area contributed by atoms with Crippen molar-refractivity contribution < 1.29 is 4.79 Å². The Labute approximate surface area is 145 Å². The maximum absolute atomic E-state index is 12.4. The molecular weight excluding hydrogens is 356 g/mol.